The molecule has 0 N–H and O–H groups in total. The average Bonchev–Trinajstić information content (AvgIpc) is 2.54. The van der Waals surface area contributed by atoms with Crippen molar-refractivity contribution < 1.29 is 9.15 Å². The smallest absolute Gasteiger partial charge is 0.276 e. The Bertz CT molecular complexity index is 242. The monoisotopic (exact) mass is 220 g/mol. The highest BCUT2D eigenvalue weighted by Crippen LogP contribution is 2.17. The minimum absolute atomic E-state index is 0.626. The summed E-state index contributed by atoms with van der Waals surface area (Å²) in [5.74, 6) is 2.31. The van der Waals surface area contributed by atoms with Gasteiger partial charge in [-0.3, -0.25) is 0 Å². The molecular weight excluding hydrogens is 208 g/mol. The fourth-order valence-corrected chi connectivity index (χ4v) is 1.73. The summed E-state index contributed by atoms with van der Waals surface area (Å²) < 4.78 is 10.2. The minimum Gasteiger partial charge on any atom is -0.415 e. The van der Waals surface area contributed by atoms with Gasteiger partial charge in [0.05, 0.1) is 12.4 Å². The van der Waals surface area contributed by atoms with E-state index >= 15 is 0 Å². The van der Waals surface area contributed by atoms with E-state index in [4.69, 9.17) is 9.15 Å². The third kappa shape index (κ3) is 4.02. The Kier molecular flexibility index (Phi) is 5.26. The van der Waals surface area contributed by atoms with Crippen molar-refractivity contribution in [3.05, 3.63) is 5.89 Å². The van der Waals surface area contributed by atoms with Crippen LogP contribution in [0, 0.1) is 0 Å². The molecule has 0 aromatic carbocycles. The predicted octanol–water partition coefficient (Wildman–Crippen LogP) is 1.67. The first-order valence-electron chi connectivity index (χ1n) is 3.80. The highest BCUT2D eigenvalue weighted by Gasteiger charge is 2.04. The minimum atomic E-state index is 0.626. The first-order valence-corrected chi connectivity index (χ1v) is 6.18. The molecule has 0 saturated heterocycles. The second-order valence-electron chi connectivity index (χ2n) is 2.24. The molecule has 13 heavy (non-hydrogen) atoms. The first kappa shape index (κ1) is 10.9. The molecule has 1 aromatic heterocycles. The molecule has 0 aliphatic rings. The molecule has 1 aromatic rings. The van der Waals surface area contributed by atoms with Crippen LogP contribution in [0.15, 0.2) is 9.64 Å². The third-order valence-electron chi connectivity index (χ3n) is 1.23. The normalized spacial score (nSPS) is 10.6. The van der Waals surface area contributed by atoms with E-state index in [1.165, 1.54) is 11.8 Å². The topological polar surface area (TPSA) is 48.2 Å². The Morgan fingerprint density at radius 1 is 1.46 bits per heavy atom. The SMILES string of the molecule is COCCSc1nnc(CSC)o1. The van der Waals surface area contributed by atoms with Gasteiger partial charge in [0.2, 0.25) is 5.89 Å². The Morgan fingerprint density at radius 2 is 2.31 bits per heavy atom. The van der Waals surface area contributed by atoms with Gasteiger partial charge in [0, 0.05) is 12.9 Å². The van der Waals surface area contributed by atoms with Crippen LogP contribution in [-0.2, 0) is 10.5 Å². The summed E-state index contributed by atoms with van der Waals surface area (Å²) in [5.41, 5.74) is 0. The Hall–Kier alpha value is -0.200. The van der Waals surface area contributed by atoms with E-state index in [-0.39, 0.29) is 0 Å². The maximum atomic E-state index is 5.33. The van der Waals surface area contributed by atoms with Crippen molar-refractivity contribution in [3.63, 3.8) is 0 Å². The third-order valence-corrected chi connectivity index (χ3v) is 2.55. The maximum absolute atomic E-state index is 5.33. The number of aromatic nitrogens is 2. The van der Waals surface area contributed by atoms with E-state index in [1.807, 2.05) is 6.26 Å². The van der Waals surface area contributed by atoms with Crippen LogP contribution in [-0.4, -0.2) is 35.9 Å². The lowest BCUT2D eigenvalue weighted by molar-refractivity contribution is 0.218. The molecule has 0 unspecified atom stereocenters. The molecule has 0 fully saturated rings. The van der Waals surface area contributed by atoms with Crippen LogP contribution in [0.25, 0.3) is 0 Å². The van der Waals surface area contributed by atoms with Gasteiger partial charge in [-0.05, 0) is 6.26 Å². The van der Waals surface area contributed by atoms with Gasteiger partial charge in [0.25, 0.3) is 5.22 Å². The lowest BCUT2D eigenvalue weighted by Crippen LogP contribution is -1.90. The Morgan fingerprint density at radius 3 is 3.00 bits per heavy atom. The van der Waals surface area contributed by atoms with Crippen LogP contribution in [0.2, 0.25) is 0 Å². The molecule has 0 atom stereocenters. The maximum Gasteiger partial charge on any atom is 0.276 e. The highest BCUT2D eigenvalue weighted by atomic mass is 32.2. The summed E-state index contributed by atoms with van der Waals surface area (Å²) in [7, 11) is 1.67. The van der Waals surface area contributed by atoms with Crippen molar-refractivity contribution in [1.82, 2.24) is 10.2 Å². The summed E-state index contributed by atoms with van der Waals surface area (Å²) in [4.78, 5) is 0. The lowest BCUT2D eigenvalue weighted by Gasteiger charge is -1.93. The van der Waals surface area contributed by atoms with Crippen LogP contribution in [0.5, 0.6) is 0 Å². The zero-order valence-corrected chi connectivity index (χ0v) is 9.28. The molecular formula is C7H12N2O2S2. The van der Waals surface area contributed by atoms with Crippen molar-refractivity contribution in [2.75, 3.05) is 25.7 Å². The number of hydrogen-bond acceptors (Lipinski definition) is 6. The second kappa shape index (κ2) is 6.28. The zero-order chi connectivity index (χ0) is 9.52. The van der Waals surface area contributed by atoms with Crippen LogP contribution in [0.4, 0.5) is 0 Å². The summed E-state index contributed by atoms with van der Waals surface area (Å²) in [6, 6.07) is 0. The second-order valence-corrected chi connectivity index (χ2v) is 4.15. The summed E-state index contributed by atoms with van der Waals surface area (Å²) in [6.07, 6.45) is 2.00. The lowest BCUT2D eigenvalue weighted by atomic mass is 10.8. The van der Waals surface area contributed by atoms with Crippen LogP contribution < -0.4 is 0 Å². The van der Waals surface area contributed by atoms with Crippen molar-refractivity contribution in [2.45, 2.75) is 11.0 Å². The largest absolute Gasteiger partial charge is 0.415 e. The number of methoxy groups -OCH3 is 1. The van der Waals surface area contributed by atoms with Gasteiger partial charge in [-0.1, -0.05) is 11.8 Å². The molecule has 0 saturated carbocycles. The number of hydrogen-bond donors (Lipinski definition) is 0. The van der Waals surface area contributed by atoms with E-state index in [0.29, 0.717) is 17.7 Å². The van der Waals surface area contributed by atoms with E-state index < -0.39 is 0 Å². The summed E-state index contributed by atoms with van der Waals surface area (Å²) in [6.45, 7) is 0.699. The number of ether oxygens (including phenoxy) is 1. The molecule has 0 aliphatic heterocycles. The zero-order valence-electron chi connectivity index (χ0n) is 7.65. The molecule has 0 bridgehead atoms. The fraction of sp³-hybridized carbons (Fsp3) is 0.714. The number of rotatable bonds is 6. The van der Waals surface area contributed by atoms with E-state index in [9.17, 15) is 0 Å². The standard InChI is InChI=1S/C7H12N2O2S2/c1-10-3-4-13-7-9-8-6(11-7)5-12-2/h3-5H2,1-2H3. The van der Waals surface area contributed by atoms with Gasteiger partial charge in [0.1, 0.15) is 0 Å². The van der Waals surface area contributed by atoms with E-state index in [2.05, 4.69) is 10.2 Å². The van der Waals surface area contributed by atoms with Gasteiger partial charge < -0.3 is 9.15 Å². The molecule has 1 heterocycles. The van der Waals surface area contributed by atoms with Crippen molar-refractivity contribution >= 4 is 23.5 Å². The van der Waals surface area contributed by atoms with Crippen LogP contribution in [0.3, 0.4) is 0 Å². The Balaban J connectivity index is 2.31. The molecule has 0 amide bonds. The van der Waals surface area contributed by atoms with Crippen LogP contribution in [0.1, 0.15) is 5.89 Å². The quantitative estimate of drug-likeness (QED) is 0.537. The number of nitrogens with zero attached hydrogens (tertiary/aromatic N) is 2. The summed E-state index contributed by atoms with van der Waals surface area (Å²) in [5, 5.41) is 8.40. The predicted molar refractivity (Wildman–Crippen MR) is 54.1 cm³/mol. The van der Waals surface area contributed by atoms with E-state index in [0.717, 1.165) is 11.5 Å². The molecule has 0 spiro atoms. The molecule has 0 aliphatic carbocycles. The average molecular weight is 220 g/mol. The van der Waals surface area contributed by atoms with Gasteiger partial charge in [0.15, 0.2) is 0 Å². The first-order chi connectivity index (χ1) is 6.36. The van der Waals surface area contributed by atoms with Crippen molar-refractivity contribution in [1.29, 1.82) is 0 Å². The van der Waals surface area contributed by atoms with Gasteiger partial charge in [-0.2, -0.15) is 11.8 Å². The fourth-order valence-electron chi connectivity index (χ4n) is 0.691. The van der Waals surface area contributed by atoms with Crippen LogP contribution >= 0.6 is 23.5 Å². The van der Waals surface area contributed by atoms with E-state index in [1.54, 1.807) is 18.9 Å². The van der Waals surface area contributed by atoms with Crippen molar-refractivity contribution in [3.8, 4) is 0 Å². The van der Waals surface area contributed by atoms with Gasteiger partial charge >= 0.3 is 0 Å². The van der Waals surface area contributed by atoms with Gasteiger partial charge in [-0.15, -0.1) is 10.2 Å². The summed E-state index contributed by atoms with van der Waals surface area (Å²) >= 11 is 3.18. The Labute approximate surface area is 85.8 Å². The number of thioether (sulfide) groups is 2. The van der Waals surface area contributed by atoms with Crippen molar-refractivity contribution in [2.24, 2.45) is 0 Å². The molecule has 1 rings (SSSR count). The van der Waals surface area contributed by atoms with Gasteiger partial charge in [-0.25, -0.2) is 0 Å². The molecule has 4 nitrogen and oxygen atoms in total. The molecule has 0 radical (unpaired) electrons. The molecule has 74 valence electrons. The molecule has 6 heteroatoms. The highest BCUT2D eigenvalue weighted by molar-refractivity contribution is 7.99.